The van der Waals surface area contributed by atoms with E-state index in [1.54, 1.807) is 0 Å². The van der Waals surface area contributed by atoms with Crippen LogP contribution in [0.3, 0.4) is 0 Å². The van der Waals surface area contributed by atoms with E-state index in [-0.39, 0.29) is 5.92 Å². The fourth-order valence-corrected chi connectivity index (χ4v) is 3.66. The Bertz CT molecular complexity index is 263. The number of nitrogens with zero attached hydrogens (tertiary/aromatic N) is 1. The van der Waals surface area contributed by atoms with Gasteiger partial charge in [0, 0.05) is 6.04 Å². The van der Waals surface area contributed by atoms with Gasteiger partial charge in [0.2, 0.25) is 0 Å². The van der Waals surface area contributed by atoms with Gasteiger partial charge < -0.3 is 5.32 Å². The van der Waals surface area contributed by atoms with Crippen LogP contribution in [0, 0.1) is 23.2 Å². The number of nitrogens with one attached hydrogen (secondary N) is 1. The van der Waals surface area contributed by atoms with Gasteiger partial charge in [-0.05, 0) is 31.7 Å². The highest BCUT2D eigenvalue weighted by Crippen LogP contribution is 2.27. The molecule has 102 valence electrons. The summed E-state index contributed by atoms with van der Waals surface area (Å²) in [4.78, 5) is 0. The van der Waals surface area contributed by atoms with E-state index in [4.69, 9.17) is 0 Å². The predicted octanol–water partition coefficient (Wildman–Crippen LogP) is 4.02. The second kappa shape index (κ2) is 7.79. The lowest BCUT2D eigenvalue weighted by molar-refractivity contribution is 0.314. The third kappa shape index (κ3) is 4.28. The van der Waals surface area contributed by atoms with E-state index in [0.717, 1.165) is 18.9 Å². The first-order valence-corrected chi connectivity index (χ1v) is 8.03. The van der Waals surface area contributed by atoms with E-state index in [9.17, 15) is 5.26 Å². The van der Waals surface area contributed by atoms with Crippen molar-refractivity contribution < 1.29 is 0 Å². The quantitative estimate of drug-likeness (QED) is 0.763. The highest BCUT2D eigenvalue weighted by Gasteiger charge is 2.23. The van der Waals surface area contributed by atoms with Gasteiger partial charge in [0.05, 0.1) is 12.0 Å². The van der Waals surface area contributed by atoms with Gasteiger partial charge in [-0.25, -0.2) is 0 Å². The molecule has 2 aliphatic carbocycles. The fourth-order valence-electron chi connectivity index (χ4n) is 3.66. The van der Waals surface area contributed by atoms with Crippen molar-refractivity contribution >= 4 is 0 Å². The van der Waals surface area contributed by atoms with Gasteiger partial charge in [-0.2, -0.15) is 5.26 Å². The first-order chi connectivity index (χ1) is 8.90. The first-order valence-electron chi connectivity index (χ1n) is 8.03. The molecule has 2 atom stereocenters. The van der Waals surface area contributed by atoms with Crippen LogP contribution in [-0.2, 0) is 0 Å². The zero-order valence-electron chi connectivity index (χ0n) is 11.7. The fraction of sp³-hybridized carbons (Fsp3) is 0.938. The maximum Gasteiger partial charge on any atom is 0.0672 e. The number of hydrogen-bond acceptors (Lipinski definition) is 2. The molecular formula is C16H28N2. The molecule has 18 heavy (non-hydrogen) atoms. The summed E-state index contributed by atoms with van der Waals surface area (Å²) in [6.45, 7) is 1.13. The van der Waals surface area contributed by atoms with Crippen LogP contribution < -0.4 is 5.32 Å². The molecule has 2 nitrogen and oxygen atoms in total. The van der Waals surface area contributed by atoms with Crippen LogP contribution in [0.5, 0.6) is 0 Å². The molecule has 0 aromatic carbocycles. The van der Waals surface area contributed by atoms with E-state index in [0.29, 0.717) is 6.04 Å². The molecule has 2 fully saturated rings. The van der Waals surface area contributed by atoms with Crippen molar-refractivity contribution in [2.75, 3.05) is 6.54 Å². The molecule has 0 radical (unpaired) electrons. The van der Waals surface area contributed by atoms with Gasteiger partial charge in [0.25, 0.3) is 0 Å². The van der Waals surface area contributed by atoms with E-state index in [2.05, 4.69) is 11.4 Å². The minimum Gasteiger partial charge on any atom is -0.313 e. The van der Waals surface area contributed by atoms with E-state index in [1.807, 2.05) is 0 Å². The normalized spacial score (nSPS) is 30.6. The molecule has 0 saturated heterocycles. The minimum atomic E-state index is 0.263. The first kappa shape index (κ1) is 13.9. The van der Waals surface area contributed by atoms with Crippen molar-refractivity contribution in [3.05, 3.63) is 0 Å². The Kier molecular flexibility index (Phi) is 6.00. The highest BCUT2D eigenvalue weighted by molar-refractivity contribution is 4.93. The van der Waals surface area contributed by atoms with Gasteiger partial charge in [-0.15, -0.1) is 0 Å². The van der Waals surface area contributed by atoms with Crippen molar-refractivity contribution in [1.29, 1.82) is 5.26 Å². The third-order valence-corrected chi connectivity index (χ3v) is 4.87. The van der Waals surface area contributed by atoms with Crippen molar-refractivity contribution in [2.24, 2.45) is 11.8 Å². The van der Waals surface area contributed by atoms with Gasteiger partial charge in [-0.1, -0.05) is 51.4 Å². The lowest BCUT2D eigenvalue weighted by atomic mass is 9.87. The molecule has 0 bridgehead atoms. The summed E-state index contributed by atoms with van der Waals surface area (Å²) in [5.41, 5.74) is 0. The molecule has 0 aromatic heterocycles. The van der Waals surface area contributed by atoms with Gasteiger partial charge in [-0.3, -0.25) is 0 Å². The molecule has 2 aliphatic rings. The smallest absolute Gasteiger partial charge is 0.0672 e. The second-order valence-electron chi connectivity index (χ2n) is 6.23. The summed E-state index contributed by atoms with van der Waals surface area (Å²) in [7, 11) is 0. The van der Waals surface area contributed by atoms with Gasteiger partial charge in [0.15, 0.2) is 0 Å². The molecule has 2 saturated carbocycles. The predicted molar refractivity (Wildman–Crippen MR) is 75.2 cm³/mol. The summed E-state index contributed by atoms with van der Waals surface area (Å²) in [6, 6.07) is 2.99. The SMILES string of the molecule is N#CC1CCCCCC1NCCC1CCCCC1. The Morgan fingerprint density at radius 2 is 1.56 bits per heavy atom. The molecule has 0 amide bonds. The van der Waals surface area contributed by atoms with E-state index >= 15 is 0 Å². The Hall–Kier alpha value is -0.550. The monoisotopic (exact) mass is 248 g/mol. The molecule has 1 N–H and O–H groups in total. The summed E-state index contributed by atoms with van der Waals surface area (Å²) < 4.78 is 0. The number of rotatable bonds is 4. The number of nitriles is 1. The topological polar surface area (TPSA) is 35.8 Å². The largest absolute Gasteiger partial charge is 0.313 e. The van der Waals surface area contributed by atoms with Crippen LogP contribution in [0.15, 0.2) is 0 Å². The molecule has 0 aliphatic heterocycles. The van der Waals surface area contributed by atoms with Gasteiger partial charge >= 0.3 is 0 Å². The van der Waals surface area contributed by atoms with Gasteiger partial charge in [0.1, 0.15) is 0 Å². The Labute approximate surface area is 112 Å². The van der Waals surface area contributed by atoms with Crippen LogP contribution in [0.1, 0.15) is 70.6 Å². The van der Waals surface area contributed by atoms with Crippen molar-refractivity contribution in [3.63, 3.8) is 0 Å². The lowest BCUT2D eigenvalue weighted by Gasteiger charge is -2.25. The maximum atomic E-state index is 9.24. The summed E-state index contributed by atoms with van der Waals surface area (Å²) in [6.07, 6.45) is 14.7. The van der Waals surface area contributed by atoms with Crippen molar-refractivity contribution in [3.8, 4) is 6.07 Å². The molecule has 0 spiro atoms. The van der Waals surface area contributed by atoms with Crippen LogP contribution in [0.4, 0.5) is 0 Å². The molecule has 2 rings (SSSR count). The molecular weight excluding hydrogens is 220 g/mol. The highest BCUT2D eigenvalue weighted by atomic mass is 14.9. The molecule has 2 unspecified atom stereocenters. The van der Waals surface area contributed by atoms with E-state index < -0.39 is 0 Å². The molecule has 2 heteroatoms. The minimum absolute atomic E-state index is 0.263. The van der Waals surface area contributed by atoms with Crippen LogP contribution >= 0.6 is 0 Å². The summed E-state index contributed by atoms with van der Waals surface area (Å²) in [5.74, 6) is 1.22. The van der Waals surface area contributed by atoms with Crippen LogP contribution in [-0.4, -0.2) is 12.6 Å². The van der Waals surface area contributed by atoms with Crippen molar-refractivity contribution in [2.45, 2.75) is 76.7 Å². The van der Waals surface area contributed by atoms with Crippen LogP contribution in [0.2, 0.25) is 0 Å². The maximum absolute atomic E-state index is 9.24. The zero-order valence-corrected chi connectivity index (χ0v) is 11.7. The Balaban J connectivity index is 1.68. The second-order valence-corrected chi connectivity index (χ2v) is 6.23. The van der Waals surface area contributed by atoms with Crippen molar-refractivity contribution in [1.82, 2.24) is 5.32 Å². The molecule has 0 aromatic rings. The average molecular weight is 248 g/mol. The summed E-state index contributed by atoms with van der Waals surface area (Å²) in [5, 5.41) is 12.9. The summed E-state index contributed by atoms with van der Waals surface area (Å²) >= 11 is 0. The zero-order chi connectivity index (χ0) is 12.6. The molecule has 0 heterocycles. The standard InChI is InChI=1S/C16H28N2/c17-13-15-9-5-2-6-10-16(15)18-12-11-14-7-3-1-4-8-14/h14-16,18H,1-12H2. The Morgan fingerprint density at radius 1 is 0.889 bits per heavy atom. The lowest BCUT2D eigenvalue weighted by Crippen LogP contribution is -2.36. The van der Waals surface area contributed by atoms with Crippen LogP contribution in [0.25, 0.3) is 0 Å². The third-order valence-electron chi connectivity index (χ3n) is 4.87. The number of hydrogen-bond donors (Lipinski definition) is 1. The average Bonchev–Trinajstić information content (AvgIpc) is 2.65. The van der Waals surface area contributed by atoms with E-state index in [1.165, 1.54) is 64.2 Å². The Morgan fingerprint density at radius 3 is 2.28 bits per heavy atom.